The van der Waals surface area contributed by atoms with Crippen LogP contribution in [-0.2, 0) is 4.84 Å². The Kier molecular flexibility index (Phi) is 2.53. The highest BCUT2D eigenvalue weighted by Crippen LogP contribution is 2.26. The molecule has 0 unspecified atom stereocenters. The lowest BCUT2D eigenvalue weighted by Gasteiger charge is -2.10. The molecule has 18 heavy (non-hydrogen) atoms. The Bertz CT molecular complexity index is 731. The average molecular weight is 261 g/mol. The van der Waals surface area contributed by atoms with Gasteiger partial charge in [0.2, 0.25) is 0 Å². The lowest BCUT2D eigenvalue weighted by atomic mass is 10.3. The highest BCUT2D eigenvalue weighted by Gasteiger charge is 2.17. The van der Waals surface area contributed by atoms with Crippen molar-refractivity contribution in [3.63, 3.8) is 0 Å². The van der Waals surface area contributed by atoms with Crippen molar-refractivity contribution in [2.24, 2.45) is 0 Å². The number of para-hydroxylation sites is 1. The van der Waals surface area contributed by atoms with Gasteiger partial charge in [0.25, 0.3) is 5.91 Å². The number of imidazole rings is 1. The van der Waals surface area contributed by atoms with Crippen LogP contribution in [0.1, 0.15) is 10.5 Å². The van der Waals surface area contributed by atoms with Gasteiger partial charge in [-0.25, -0.2) is 10.0 Å². The number of hydrogen-bond donors (Lipinski definition) is 0. The molecule has 3 rings (SSSR count). The third-order valence-corrected chi connectivity index (χ3v) is 3.81. The van der Waals surface area contributed by atoms with Gasteiger partial charge in [-0.05, 0) is 12.1 Å². The number of benzene rings is 1. The topological polar surface area (TPSA) is 46.8 Å². The fourth-order valence-corrected chi connectivity index (χ4v) is 2.80. The SMILES string of the molecule is CON(C)C(=O)c1cn2c(n1)sc1ccccc12. The van der Waals surface area contributed by atoms with E-state index in [1.54, 1.807) is 24.6 Å². The Morgan fingerprint density at radius 3 is 3.00 bits per heavy atom. The van der Waals surface area contributed by atoms with Crippen LogP contribution in [0.15, 0.2) is 30.5 Å². The molecule has 0 aliphatic heterocycles. The minimum absolute atomic E-state index is 0.252. The minimum Gasteiger partial charge on any atom is -0.289 e. The predicted octanol–water partition coefficient (Wildman–Crippen LogP) is 2.18. The molecule has 0 saturated heterocycles. The van der Waals surface area contributed by atoms with Gasteiger partial charge < -0.3 is 0 Å². The zero-order valence-electron chi connectivity index (χ0n) is 9.95. The molecule has 0 spiro atoms. The van der Waals surface area contributed by atoms with Gasteiger partial charge in [0.1, 0.15) is 0 Å². The number of nitrogens with zero attached hydrogens (tertiary/aromatic N) is 3. The summed E-state index contributed by atoms with van der Waals surface area (Å²) in [5, 5.41) is 1.16. The Morgan fingerprint density at radius 1 is 1.44 bits per heavy atom. The molecule has 5 nitrogen and oxygen atoms in total. The van der Waals surface area contributed by atoms with Crippen LogP contribution in [0.3, 0.4) is 0 Å². The first kappa shape index (κ1) is 11.2. The largest absolute Gasteiger partial charge is 0.297 e. The van der Waals surface area contributed by atoms with Crippen LogP contribution in [-0.4, -0.2) is 34.5 Å². The lowest BCUT2D eigenvalue weighted by Crippen LogP contribution is -2.25. The summed E-state index contributed by atoms with van der Waals surface area (Å²) in [5.74, 6) is -0.252. The molecule has 6 heteroatoms. The summed E-state index contributed by atoms with van der Waals surface area (Å²) >= 11 is 1.56. The van der Waals surface area contributed by atoms with Gasteiger partial charge in [0, 0.05) is 13.2 Å². The van der Waals surface area contributed by atoms with E-state index >= 15 is 0 Å². The van der Waals surface area contributed by atoms with Crippen molar-refractivity contribution in [2.75, 3.05) is 14.2 Å². The zero-order chi connectivity index (χ0) is 12.7. The second-order valence-corrected chi connectivity index (χ2v) is 4.84. The normalized spacial score (nSPS) is 11.2. The summed E-state index contributed by atoms with van der Waals surface area (Å²) in [6.07, 6.45) is 1.74. The second kappa shape index (κ2) is 4.08. The zero-order valence-corrected chi connectivity index (χ0v) is 10.8. The van der Waals surface area contributed by atoms with E-state index in [-0.39, 0.29) is 5.91 Å². The van der Waals surface area contributed by atoms with Crippen molar-refractivity contribution in [1.29, 1.82) is 0 Å². The number of aromatic nitrogens is 2. The van der Waals surface area contributed by atoms with Gasteiger partial charge in [-0.1, -0.05) is 23.5 Å². The van der Waals surface area contributed by atoms with Gasteiger partial charge in [-0.3, -0.25) is 14.0 Å². The maximum Gasteiger partial charge on any atom is 0.297 e. The Morgan fingerprint density at radius 2 is 2.22 bits per heavy atom. The highest BCUT2D eigenvalue weighted by atomic mass is 32.1. The molecule has 2 aromatic heterocycles. The number of thiazole rings is 1. The van der Waals surface area contributed by atoms with Crippen LogP contribution in [0, 0.1) is 0 Å². The number of carbonyl (C=O) groups excluding carboxylic acids is 1. The van der Waals surface area contributed by atoms with E-state index in [2.05, 4.69) is 4.98 Å². The van der Waals surface area contributed by atoms with Crippen molar-refractivity contribution in [1.82, 2.24) is 14.4 Å². The summed E-state index contributed by atoms with van der Waals surface area (Å²) in [5.41, 5.74) is 1.44. The third kappa shape index (κ3) is 1.58. The second-order valence-electron chi connectivity index (χ2n) is 3.83. The molecule has 0 aliphatic carbocycles. The maximum absolute atomic E-state index is 11.9. The summed E-state index contributed by atoms with van der Waals surface area (Å²) in [6, 6.07) is 8.01. The first-order chi connectivity index (χ1) is 8.70. The molecule has 92 valence electrons. The Balaban J connectivity index is 2.15. The monoisotopic (exact) mass is 261 g/mol. The summed E-state index contributed by atoms with van der Waals surface area (Å²) < 4.78 is 3.08. The van der Waals surface area contributed by atoms with Crippen LogP contribution >= 0.6 is 11.3 Å². The molecule has 2 heterocycles. The summed E-state index contributed by atoms with van der Waals surface area (Å²) in [6.45, 7) is 0. The molecule has 0 bridgehead atoms. The highest BCUT2D eigenvalue weighted by molar-refractivity contribution is 7.23. The van der Waals surface area contributed by atoms with E-state index in [1.165, 1.54) is 7.11 Å². The Hall–Kier alpha value is -1.92. The molecule has 0 radical (unpaired) electrons. The van der Waals surface area contributed by atoms with Crippen LogP contribution in [0.2, 0.25) is 0 Å². The van der Waals surface area contributed by atoms with Crippen LogP contribution in [0.25, 0.3) is 15.2 Å². The number of carbonyl (C=O) groups is 1. The molecule has 0 N–H and O–H groups in total. The summed E-state index contributed by atoms with van der Waals surface area (Å²) in [4.78, 5) is 21.9. The number of rotatable bonds is 2. The molecule has 1 amide bonds. The molecular formula is C12H11N3O2S. The fourth-order valence-electron chi connectivity index (χ4n) is 1.80. The molecule has 0 fully saturated rings. The molecule has 0 atom stereocenters. The van der Waals surface area contributed by atoms with Gasteiger partial charge in [0.05, 0.1) is 17.3 Å². The predicted molar refractivity (Wildman–Crippen MR) is 69.7 cm³/mol. The maximum atomic E-state index is 11.9. The number of fused-ring (bicyclic) bond motifs is 3. The van der Waals surface area contributed by atoms with Crippen LogP contribution < -0.4 is 0 Å². The van der Waals surface area contributed by atoms with Crippen LogP contribution in [0.5, 0.6) is 0 Å². The van der Waals surface area contributed by atoms with E-state index in [4.69, 9.17) is 4.84 Å². The van der Waals surface area contributed by atoms with Gasteiger partial charge >= 0.3 is 0 Å². The average Bonchev–Trinajstić information content (AvgIpc) is 2.94. The van der Waals surface area contributed by atoms with Gasteiger partial charge in [0.15, 0.2) is 10.7 Å². The number of amides is 1. The number of hydrogen-bond acceptors (Lipinski definition) is 4. The third-order valence-electron chi connectivity index (χ3n) is 2.78. The van der Waals surface area contributed by atoms with E-state index in [1.807, 2.05) is 28.7 Å². The molecule has 3 aromatic rings. The van der Waals surface area contributed by atoms with Crippen molar-refractivity contribution < 1.29 is 9.63 Å². The fraction of sp³-hybridized carbons (Fsp3) is 0.167. The minimum atomic E-state index is -0.252. The first-order valence-corrected chi connectivity index (χ1v) is 6.21. The molecule has 0 saturated carbocycles. The molecular weight excluding hydrogens is 250 g/mol. The van der Waals surface area contributed by atoms with Gasteiger partial charge in [-0.15, -0.1) is 0 Å². The summed E-state index contributed by atoms with van der Waals surface area (Å²) in [7, 11) is 3.01. The van der Waals surface area contributed by atoms with Crippen molar-refractivity contribution in [3.8, 4) is 0 Å². The van der Waals surface area contributed by atoms with E-state index in [9.17, 15) is 4.79 Å². The van der Waals surface area contributed by atoms with Crippen molar-refractivity contribution in [3.05, 3.63) is 36.2 Å². The van der Waals surface area contributed by atoms with Crippen LogP contribution in [0.4, 0.5) is 0 Å². The van der Waals surface area contributed by atoms with E-state index in [0.29, 0.717) is 5.69 Å². The quantitative estimate of drug-likeness (QED) is 0.664. The molecule has 0 aliphatic rings. The van der Waals surface area contributed by atoms with E-state index in [0.717, 1.165) is 20.2 Å². The lowest BCUT2D eigenvalue weighted by molar-refractivity contribution is -0.0760. The Labute approximate surface area is 107 Å². The van der Waals surface area contributed by atoms with Gasteiger partial charge in [-0.2, -0.15) is 0 Å². The van der Waals surface area contributed by atoms with Crippen molar-refractivity contribution in [2.45, 2.75) is 0 Å². The first-order valence-electron chi connectivity index (χ1n) is 5.39. The smallest absolute Gasteiger partial charge is 0.289 e. The standard InChI is InChI=1S/C12H11N3O2S/c1-14(17-2)11(16)8-7-15-9-5-3-4-6-10(9)18-12(15)13-8/h3-7H,1-2H3. The van der Waals surface area contributed by atoms with Crippen molar-refractivity contribution >= 4 is 32.4 Å². The molecule has 1 aromatic carbocycles. The number of hydroxylamine groups is 2. The van der Waals surface area contributed by atoms with E-state index < -0.39 is 0 Å².